The number of aromatic nitrogens is 2. The summed E-state index contributed by atoms with van der Waals surface area (Å²) < 4.78 is 0. The number of nitrogens with zero attached hydrogens (tertiary/aromatic N) is 2. The summed E-state index contributed by atoms with van der Waals surface area (Å²) in [5.74, 6) is 1.50. The van der Waals surface area contributed by atoms with E-state index in [9.17, 15) is 0 Å². The van der Waals surface area contributed by atoms with Crippen molar-refractivity contribution in [3.63, 3.8) is 0 Å². The van der Waals surface area contributed by atoms with Crippen molar-refractivity contribution >= 4 is 11.0 Å². The minimum absolute atomic E-state index is 0.261. The molecule has 94 valence electrons. The molecule has 1 aromatic heterocycles. The van der Waals surface area contributed by atoms with Gasteiger partial charge in [0.1, 0.15) is 17.4 Å². The normalized spacial score (nSPS) is 13.5. The van der Waals surface area contributed by atoms with Crippen LogP contribution in [0.15, 0.2) is 18.2 Å². The number of H-pyrrole nitrogens is 1. The van der Waals surface area contributed by atoms with E-state index in [4.69, 9.17) is 5.26 Å². The van der Waals surface area contributed by atoms with Crippen LogP contribution in [0.4, 0.5) is 0 Å². The molecule has 1 unspecified atom stereocenters. The fourth-order valence-corrected chi connectivity index (χ4v) is 1.87. The van der Waals surface area contributed by atoms with E-state index in [1.54, 1.807) is 6.07 Å². The number of rotatable bonds is 2. The Hall–Kier alpha value is -1.82. The van der Waals surface area contributed by atoms with Crippen LogP contribution in [0.1, 0.15) is 39.1 Å². The summed E-state index contributed by atoms with van der Waals surface area (Å²) in [6.45, 7) is 8.95. The second-order valence-corrected chi connectivity index (χ2v) is 5.97. The van der Waals surface area contributed by atoms with E-state index < -0.39 is 0 Å². The maximum atomic E-state index is 9.05. The van der Waals surface area contributed by atoms with Gasteiger partial charge in [0.25, 0.3) is 0 Å². The van der Waals surface area contributed by atoms with E-state index in [1.807, 2.05) is 12.1 Å². The van der Waals surface area contributed by atoms with E-state index in [1.165, 1.54) is 0 Å². The summed E-state index contributed by atoms with van der Waals surface area (Å²) in [6, 6.07) is 7.84. The quantitative estimate of drug-likeness (QED) is 0.872. The predicted octanol–water partition coefficient (Wildman–Crippen LogP) is 3.66. The third kappa shape index (κ3) is 2.38. The number of hydrogen-bond donors (Lipinski definition) is 1. The lowest BCUT2D eigenvalue weighted by Crippen LogP contribution is -2.19. The molecule has 0 aliphatic carbocycles. The molecule has 1 N–H and O–H groups in total. The average molecular weight is 241 g/mol. The van der Waals surface area contributed by atoms with Crippen LogP contribution in [-0.2, 0) is 6.42 Å². The van der Waals surface area contributed by atoms with Gasteiger partial charge in [-0.2, -0.15) is 5.26 Å². The van der Waals surface area contributed by atoms with Gasteiger partial charge in [-0.15, -0.1) is 0 Å². The number of nitrogens with one attached hydrogen (secondary N) is 1. The highest BCUT2D eigenvalue weighted by molar-refractivity contribution is 5.81. The molecule has 0 aliphatic heterocycles. The Balaban J connectivity index is 2.35. The lowest BCUT2D eigenvalue weighted by Gasteiger charge is -2.26. The fraction of sp³-hybridized carbons (Fsp3) is 0.467. The van der Waals surface area contributed by atoms with Gasteiger partial charge in [-0.1, -0.05) is 33.8 Å². The monoisotopic (exact) mass is 241 g/mol. The number of hydrogen-bond acceptors (Lipinski definition) is 2. The predicted molar refractivity (Wildman–Crippen MR) is 73.1 cm³/mol. The third-order valence-electron chi connectivity index (χ3n) is 3.66. The van der Waals surface area contributed by atoms with Crippen molar-refractivity contribution in [1.29, 1.82) is 5.26 Å². The second kappa shape index (κ2) is 4.45. The van der Waals surface area contributed by atoms with E-state index >= 15 is 0 Å². The lowest BCUT2D eigenvalue weighted by atomic mass is 9.80. The van der Waals surface area contributed by atoms with Gasteiger partial charge in [-0.25, -0.2) is 4.98 Å². The summed E-state index contributed by atoms with van der Waals surface area (Å²) in [6.07, 6.45) is 0.906. The Bertz CT molecular complexity index is 596. The van der Waals surface area contributed by atoms with Crippen molar-refractivity contribution in [2.45, 2.75) is 34.1 Å². The Morgan fingerprint density at radius 1 is 1.39 bits per heavy atom. The van der Waals surface area contributed by atoms with Crippen molar-refractivity contribution in [3.05, 3.63) is 29.6 Å². The summed E-state index contributed by atoms with van der Waals surface area (Å²) in [5.41, 5.74) is 2.64. The largest absolute Gasteiger partial charge is 0.342 e. The number of imidazole rings is 1. The molecular weight excluding hydrogens is 222 g/mol. The minimum Gasteiger partial charge on any atom is -0.342 e. The van der Waals surface area contributed by atoms with Crippen LogP contribution in [0.2, 0.25) is 0 Å². The number of aromatic amines is 1. The number of nitriles is 1. The maximum absolute atomic E-state index is 9.05. The summed E-state index contributed by atoms with van der Waals surface area (Å²) in [7, 11) is 0. The van der Waals surface area contributed by atoms with Crippen LogP contribution in [0.5, 0.6) is 0 Å². The first kappa shape index (κ1) is 12.6. The van der Waals surface area contributed by atoms with Crippen molar-refractivity contribution in [3.8, 4) is 6.07 Å². The molecule has 1 atom stereocenters. The molecule has 0 radical (unpaired) electrons. The van der Waals surface area contributed by atoms with Crippen LogP contribution in [0, 0.1) is 22.7 Å². The molecule has 2 rings (SSSR count). The van der Waals surface area contributed by atoms with Gasteiger partial charge < -0.3 is 4.98 Å². The molecule has 2 aromatic rings. The molecule has 1 aromatic carbocycles. The lowest BCUT2D eigenvalue weighted by molar-refractivity contribution is 0.257. The standard InChI is InChI=1S/C15H19N3/c1-10(15(2,3)4)8-13-17-12-7-5-6-11(9-16)14(12)18-13/h5-7,10H,8H2,1-4H3,(H,17,18). The highest BCUT2D eigenvalue weighted by Gasteiger charge is 2.21. The summed E-state index contributed by atoms with van der Waals surface area (Å²) in [5, 5.41) is 9.05. The Kier molecular flexibility index (Phi) is 3.13. The van der Waals surface area contributed by atoms with Gasteiger partial charge in [0.15, 0.2) is 0 Å². The van der Waals surface area contributed by atoms with E-state index in [0.29, 0.717) is 11.5 Å². The van der Waals surface area contributed by atoms with Crippen molar-refractivity contribution < 1.29 is 0 Å². The molecule has 0 aliphatic rings. The van der Waals surface area contributed by atoms with Gasteiger partial charge in [-0.05, 0) is 23.5 Å². The Morgan fingerprint density at radius 2 is 2.11 bits per heavy atom. The smallest absolute Gasteiger partial charge is 0.107 e. The molecule has 0 fully saturated rings. The zero-order valence-corrected chi connectivity index (χ0v) is 11.4. The van der Waals surface area contributed by atoms with Crippen LogP contribution in [-0.4, -0.2) is 9.97 Å². The SMILES string of the molecule is CC(Cc1nc2c(C#N)cccc2[nH]1)C(C)(C)C. The van der Waals surface area contributed by atoms with Gasteiger partial charge in [-0.3, -0.25) is 0 Å². The molecule has 0 bridgehead atoms. The first-order valence-corrected chi connectivity index (χ1v) is 6.29. The fourth-order valence-electron chi connectivity index (χ4n) is 1.87. The van der Waals surface area contributed by atoms with Crippen LogP contribution >= 0.6 is 0 Å². The molecule has 1 heterocycles. The van der Waals surface area contributed by atoms with Crippen LogP contribution in [0.3, 0.4) is 0 Å². The first-order chi connectivity index (χ1) is 8.41. The molecule has 0 amide bonds. The maximum Gasteiger partial charge on any atom is 0.107 e. The van der Waals surface area contributed by atoms with Crippen molar-refractivity contribution in [1.82, 2.24) is 9.97 Å². The van der Waals surface area contributed by atoms with E-state index in [2.05, 4.69) is 43.7 Å². The van der Waals surface area contributed by atoms with Gasteiger partial charge in [0.2, 0.25) is 0 Å². The Labute approximate surface area is 108 Å². The zero-order valence-electron chi connectivity index (χ0n) is 11.4. The highest BCUT2D eigenvalue weighted by atomic mass is 14.9. The molecule has 18 heavy (non-hydrogen) atoms. The van der Waals surface area contributed by atoms with E-state index in [0.717, 1.165) is 23.3 Å². The molecular formula is C15H19N3. The number of para-hydroxylation sites is 1. The van der Waals surface area contributed by atoms with Crippen LogP contribution < -0.4 is 0 Å². The first-order valence-electron chi connectivity index (χ1n) is 6.29. The molecule has 3 nitrogen and oxygen atoms in total. The second-order valence-electron chi connectivity index (χ2n) is 5.97. The third-order valence-corrected chi connectivity index (χ3v) is 3.66. The average Bonchev–Trinajstić information content (AvgIpc) is 2.69. The zero-order chi connectivity index (χ0) is 13.3. The van der Waals surface area contributed by atoms with Crippen molar-refractivity contribution in [2.24, 2.45) is 11.3 Å². The van der Waals surface area contributed by atoms with Gasteiger partial charge in [0.05, 0.1) is 11.1 Å². The summed E-state index contributed by atoms with van der Waals surface area (Å²) >= 11 is 0. The summed E-state index contributed by atoms with van der Waals surface area (Å²) in [4.78, 5) is 7.87. The molecule has 0 saturated carbocycles. The molecule has 0 spiro atoms. The highest BCUT2D eigenvalue weighted by Crippen LogP contribution is 2.28. The number of fused-ring (bicyclic) bond motifs is 1. The molecule has 0 saturated heterocycles. The van der Waals surface area contributed by atoms with Crippen molar-refractivity contribution in [2.75, 3.05) is 0 Å². The van der Waals surface area contributed by atoms with Gasteiger partial charge >= 0.3 is 0 Å². The Morgan fingerprint density at radius 3 is 2.72 bits per heavy atom. The minimum atomic E-state index is 0.261. The van der Waals surface area contributed by atoms with Crippen LogP contribution in [0.25, 0.3) is 11.0 Å². The van der Waals surface area contributed by atoms with E-state index in [-0.39, 0.29) is 5.41 Å². The van der Waals surface area contributed by atoms with Gasteiger partial charge in [0, 0.05) is 6.42 Å². The topological polar surface area (TPSA) is 52.5 Å². The number of benzene rings is 1. The molecule has 3 heteroatoms.